The molecule has 0 unspecified atom stereocenters. The molecule has 1 fully saturated rings. The zero-order chi connectivity index (χ0) is 19.7. The molecule has 0 N–H and O–H groups in total. The molecule has 146 valence electrons. The van der Waals surface area contributed by atoms with Gasteiger partial charge in [0.2, 0.25) is 10.0 Å². The van der Waals surface area contributed by atoms with Crippen LogP contribution in [-0.4, -0.2) is 49.1 Å². The fourth-order valence-corrected chi connectivity index (χ4v) is 5.75. The number of hydrogen-bond donors (Lipinski definition) is 0. The monoisotopic (exact) mass is 414 g/mol. The minimum atomic E-state index is -3.49. The number of aromatic nitrogens is 2. The van der Waals surface area contributed by atoms with Gasteiger partial charge in [0, 0.05) is 26.2 Å². The molecule has 8 heteroatoms. The van der Waals surface area contributed by atoms with Crippen molar-refractivity contribution in [3.8, 4) is 10.6 Å². The SMILES string of the molecule is Cc1ccc(C)c(S(=O)(=O)N2CCN(c3ccc(-c4cccs4)nn3)CC2)c1. The Bertz CT molecular complexity index is 1060. The summed E-state index contributed by atoms with van der Waals surface area (Å²) in [6.45, 7) is 5.81. The van der Waals surface area contributed by atoms with Gasteiger partial charge in [0.1, 0.15) is 5.69 Å². The van der Waals surface area contributed by atoms with E-state index in [4.69, 9.17) is 0 Å². The van der Waals surface area contributed by atoms with Gasteiger partial charge < -0.3 is 4.90 Å². The van der Waals surface area contributed by atoms with Gasteiger partial charge >= 0.3 is 0 Å². The molecule has 0 aliphatic carbocycles. The highest BCUT2D eigenvalue weighted by molar-refractivity contribution is 7.89. The molecular formula is C20H22N4O2S2. The summed E-state index contributed by atoms with van der Waals surface area (Å²) in [6, 6.07) is 13.5. The van der Waals surface area contributed by atoms with Crippen LogP contribution in [0.5, 0.6) is 0 Å². The molecule has 28 heavy (non-hydrogen) atoms. The van der Waals surface area contributed by atoms with Gasteiger partial charge in [0.05, 0.1) is 9.77 Å². The lowest BCUT2D eigenvalue weighted by Gasteiger charge is -2.34. The molecule has 1 aromatic carbocycles. The van der Waals surface area contributed by atoms with E-state index in [1.54, 1.807) is 21.7 Å². The zero-order valence-electron chi connectivity index (χ0n) is 15.9. The molecule has 3 heterocycles. The van der Waals surface area contributed by atoms with Crippen LogP contribution >= 0.6 is 11.3 Å². The van der Waals surface area contributed by atoms with Crippen molar-refractivity contribution < 1.29 is 8.42 Å². The second-order valence-corrected chi connectivity index (χ2v) is 9.77. The van der Waals surface area contributed by atoms with E-state index in [0.717, 1.165) is 27.5 Å². The molecule has 0 spiro atoms. The number of rotatable bonds is 4. The summed E-state index contributed by atoms with van der Waals surface area (Å²) >= 11 is 1.63. The summed E-state index contributed by atoms with van der Waals surface area (Å²) in [4.78, 5) is 3.57. The number of nitrogens with zero attached hydrogens (tertiary/aromatic N) is 4. The second kappa shape index (κ2) is 7.62. The van der Waals surface area contributed by atoms with Crippen molar-refractivity contribution in [2.24, 2.45) is 0 Å². The van der Waals surface area contributed by atoms with E-state index in [0.29, 0.717) is 31.1 Å². The molecule has 1 saturated heterocycles. The third-order valence-corrected chi connectivity index (χ3v) is 7.88. The van der Waals surface area contributed by atoms with Crippen LogP contribution in [0.25, 0.3) is 10.6 Å². The van der Waals surface area contributed by atoms with Crippen LogP contribution in [0.2, 0.25) is 0 Å². The Morgan fingerprint density at radius 1 is 0.964 bits per heavy atom. The van der Waals surface area contributed by atoms with Crippen molar-refractivity contribution in [3.63, 3.8) is 0 Å². The summed E-state index contributed by atoms with van der Waals surface area (Å²) in [5, 5.41) is 10.7. The number of piperazine rings is 1. The third kappa shape index (κ3) is 3.67. The number of thiophene rings is 1. The fourth-order valence-electron chi connectivity index (χ4n) is 3.33. The zero-order valence-corrected chi connectivity index (χ0v) is 17.5. The Balaban J connectivity index is 1.46. The van der Waals surface area contributed by atoms with E-state index in [9.17, 15) is 8.42 Å². The summed E-state index contributed by atoms with van der Waals surface area (Å²) < 4.78 is 27.7. The van der Waals surface area contributed by atoms with E-state index in [-0.39, 0.29) is 0 Å². The maximum Gasteiger partial charge on any atom is 0.243 e. The summed E-state index contributed by atoms with van der Waals surface area (Å²) in [5.74, 6) is 0.782. The lowest BCUT2D eigenvalue weighted by atomic mass is 10.2. The average Bonchev–Trinajstić information content (AvgIpc) is 3.25. The van der Waals surface area contributed by atoms with E-state index in [1.165, 1.54) is 0 Å². The Hall–Kier alpha value is -2.29. The van der Waals surface area contributed by atoms with Gasteiger partial charge in [-0.25, -0.2) is 8.42 Å². The number of benzene rings is 1. The highest BCUT2D eigenvalue weighted by Gasteiger charge is 2.30. The fraction of sp³-hybridized carbons (Fsp3) is 0.300. The Labute approximate surface area is 169 Å². The van der Waals surface area contributed by atoms with Crippen LogP contribution < -0.4 is 4.90 Å². The minimum Gasteiger partial charge on any atom is -0.352 e. The molecule has 0 atom stereocenters. The predicted octanol–water partition coefficient (Wildman–Crippen LogP) is 3.33. The molecule has 0 bridgehead atoms. The average molecular weight is 415 g/mol. The van der Waals surface area contributed by atoms with Gasteiger partial charge in [-0.15, -0.1) is 21.5 Å². The van der Waals surface area contributed by atoms with Gasteiger partial charge in [-0.2, -0.15) is 4.31 Å². The predicted molar refractivity (Wildman–Crippen MR) is 112 cm³/mol. The maximum absolute atomic E-state index is 13.1. The molecular weight excluding hydrogens is 392 g/mol. The quantitative estimate of drug-likeness (QED) is 0.655. The third-order valence-electron chi connectivity index (χ3n) is 4.95. The standard InChI is InChI=1S/C20H22N4O2S2/c1-15-5-6-16(2)19(14-15)28(25,26)24-11-9-23(10-12-24)20-8-7-17(21-22-20)18-4-3-13-27-18/h3-8,13-14H,9-12H2,1-2H3. The smallest absolute Gasteiger partial charge is 0.243 e. The lowest BCUT2D eigenvalue weighted by Crippen LogP contribution is -2.49. The van der Waals surface area contributed by atoms with Crippen LogP contribution in [0.4, 0.5) is 5.82 Å². The van der Waals surface area contributed by atoms with E-state index < -0.39 is 10.0 Å². The van der Waals surface area contributed by atoms with Crippen molar-refractivity contribution in [2.75, 3.05) is 31.1 Å². The molecule has 2 aromatic heterocycles. The first kappa shape index (κ1) is 19.0. The molecule has 6 nitrogen and oxygen atoms in total. The second-order valence-electron chi connectivity index (χ2n) is 6.91. The highest BCUT2D eigenvalue weighted by Crippen LogP contribution is 2.25. The van der Waals surface area contributed by atoms with Crippen LogP contribution in [0.1, 0.15) is 11.1 Å². The van der Waals surface area contributed by atoms with Crippen LogP contribution in [0.3, 0.4) is 0 Å². The van der Waals surface area contributed by atoms with Crippen LogP contribution in [-0.2, 0) is 10.0 Å². The Morgan fingerprint density at radius 3 is 2.39 bits per heavy atom. The molecule has 3 aromatic rings. The first-order valence-corrected chi connectivity index (χ1v) is 11.5. The highest BCUT2D eigenvalue weighted by atomic mass is 32.2. The van der Waals surface area contributed by atoms with Crippen molar-refractivity contribution in [1.82, 2.24) is 14.5 Å². The van der Waals surface area contributed by atoms with Gasteiger partial charge in [-0.3, -0.25) is 0 Å². The van der Waals surface area contributed by atoms with Gasteiger partial charge in [0.15, 0.2) is 5.82 Å². The lowest BCUT2D eigenvalue weighted by molar-refractivity contribution is 0.383. The molecule has 1 aliphatic heterocycles. The maximum atomic E-state index is 13.1. The number of hydrogen-bond acceptors (Lipinski definition) is 6. The van der Waals surface area contributed by atoms with E-state index in [1.807, 2.05) is 55.6 Å². The molecule has 4 rings (SSSR count). The van der Waals surface area contributed by atoms with Crippen LogP contribution in [0, 0.1) is 13.8 Å². The van der Waals surface area contributed by atoms with Crippen molar-refractivity contribution in [2.45, 2.75) is 18.7 Å². The summed E-state index contributed by atoms with van der Waals surface area (Å²) in [5.41, 5.74) is 2.59. The normalized spacial score (nSPS) is 15.7. The van der Waals surface area contributed by atoms with Gasteiger partial charge in [0.25, 0.3) is 0 Å². The molecule has 0 saturated carbocycles. The molecule has 0 radical (unpaired) electrons. The van der Waals surface area contributed by atoms with E-state index in [2.05, 4.69) is 15.1 Å². The topological polar surface area (TPSA) is 66.4 Å². The van der Waals surface area contributed by atoms with Crippen molar-refractivity contribution >= 4 is 27.2 Å². The molecule has 1 aliphatic rings. The summed E-state index contributed by atoms with van der Waals surface area (Å²) in [7, 11) is -3.49. The number of sulfonamides is 1. The van der Waals surface area contributed by atoms with E-state index >= 15 is 0 Å². The van der Waals surface area contributed by atoms with Crippen molar-refractivity contribution in [3.05, 3.63) is 59.0 Å². The van der Waals surface area contributed by atoms with Gasteiger partial charge in [-0.1, -0.05) is 18.2 Å². The Morgan fingerprint density at radius 2 is 1.75 bits per heavy atom. The number of aryl methyl sites for hydroxylation is 2. The largest absolute Gasteiger partial charge is 0.352 e. The number of anilines is 1. The molecule has 0 amide bonds. The van der Waals surface area contributed by atoms with Gasteiger partial charge in [-0.05, 0) is 54.6 Å². The van der Waals surface area contributed by atoms with Crippen LogP contribution in [0.15, 0.2) is 52.7 Å². The summed E-state index contributed by atoms with van der Waals surface area (Å²) in [6.07, 6.45) is 0. The van der Waals surface area contributed by atoms with Crippen molar-refractivity contribution in [1.29, 1.82) is 0 Å². The Kier molecular flexibility index (Phi) is 5.18. The first-order chi connectivity index (χ1) is 13.4. The minimum absolute atomic E-state index is 0.404. The first-order valence-electron chi connectivity index (χ1n) is 9.15.